The monoisotopic (exact) mass is 336 g/mol. The van der Waals surface area contributed by atoms with E-state index in [-0.39, 0.29) is 0 Å². The van der Waals surface area contributed by atoms with Gasteiger partial charge in [-0.2, -0.15) is 0 Å². The van der Waals surface area contributed by atoms with E-state index < -0.39 is 0 Å². The summed E-state index contributed by atoms with van der Waals surface area (Å²) in [6.07, 6.45) is 1.70. The van der Waals surface area contributed by atoms with E-state index in [1.54, 1.807) is 19.4 Å². The molecule has 1 aromatic carbocycles. The lowest BCUT2D eigenvalue weighted by atomic mass is 10.2. The number of benzene rings is 1. The van der Waals surface area contributed by atoms with E-state index in [0.717, 1.165) is 22.8 Å². The van der Waals surface area contributed by atoms with Crippen molar-refractivity contribution in [3.05, 3.63) is 60.4 Å². The second-order valence-electron chi connectivity index (χ2n) is 5.40. The van der Waals surface area contributed by atoms with Crippen molar-refractivity contribution < 1.29 is 9.47 Å². The highest BCUT2D eigenvalue weighted by atomic mass is 16.5. The van der Waals surface area contributed by atoms with Crippen LogP contribution in [0.2, 0.25) is 0 Å². The van der Waals surface area contributed by atoms with Crippen molar-refractivity contribution in [3.8, 4) is 23.0 Å². The number of ether oxygens (including phenoxy) is 2. The van der Waals surface area contributed by atoms with E-state index in [0.29, 0.717) is 24.9 Å². The first kappa shape index (κ1) is 16.7. The first-order valence-electron chi connectivity index (χ1n) is 8.02. The molecule has 0 spiro atoms. The standard InChI is InChI=1S/C19H20N4O2/c1-14-12-17(20-10-11-25-16-6-4-3-5-7-16)23-19(22-14)15-8-9-18(24-2)21-13-15/h3-9,12-13H,10-11H2,1-2H3,(H,20,22,23). The molecule has 0 saturated heterocycles. The molecule has 0 saturated carbocycles. The van der Waals surface area contributed by atoms with Gasteiger partial charge in [-0.05, 0) is 25.1 Å². The summed E-state index contributed by atoms with van der Waals surface area (Å²) >= 11 is 0. The van der Waals surface area contributed by atoms with Crippen LogP contribution in [0.3, 0.4) is 0 Å². The zero-order chi connectivity index (χ0) is 17.5. The molecule has 0 atom stereocenters. The first-order chi connectivity index (χ1) is 12.2. The third-order valence-electron chi connectivity index (χ3n) is 3.48. The number of nitrogens with one attached hydrogen (secondary N) is 1. The molecule has 2 aromatic heterocycles. The Morgan fingerprint density at radius 2 is 1.88 bits per heavy atom. The van der Waals surface area contributed by atoms with Crippen molar-refractivity contribution in [1.82, 2.24) is 15.0 Å². The Labute approximate surface area is 146 Å². The fourth-order valence-electron chi connectivity index (χ4n) is 2.29. The molecule has 2 heterocycles. The number of rotatable bonds is 7. The summed E-state index contributed by atoms with van der Waals surface area (Å²) in [5, 5.41) is 3.27. The van der Waals surface area contributed by atoms with Gasteiger partial charge in [-0.15, -0.1) is 0 Å². The summed E-state index contributed by atoms with van der Waals surface area (Å²) in [6, 6.07) is 15.3. The van der Waals surface area contributed by atoms with Gasteiger partial charge in [0.1, 0.15) is 18.2 Å². The number of anilines is 1. The number of para-hydroxylation sites is 1. The molecule has 0 amide bonds. The Bertz CT molecular complexity index is 807. The minimum absolute atomic E-state index is 0.548. The molecule has 6 heteroatoms. The van der Waals surface area contributed by atoms with Gasteiger partial charge in [0.2, 0.25) is 5.88 Å². The fourth-order valence-corrected chi connectivity index (χ4v) is 2.29. The average molecular weight is 336 g/mol. The van der Waals surface area contributed by atoms with Crippen molar-refractivity contribution in [2.75, 3.05) is 25.6 Å². The van der Waals surface area contributed by atoms with E-state index in [1.165, 1.54) is 0 Å². The van der Waals surface area contributed by atoms with Gasteiger partial charge < -0.3 is 14.8 Å². The molecule has 3 aromatic rings. The molecule has 25 heavy (non-hydrogen) atoms. The molecule has 0 aliphatic rings. The lowest BCUT2D eigenvalue weighted by Crippen LogP contribution is -2.13. The van der Waals surface area contributed by atoms with Gasteiger partial charge in [0.15, 0.2) is 5.82 Å². The fraction of sp³-hybridized carbons (Fsp3) is 0.211. The molecular formula is C19H20N4O2. The molecule has 128 valence electrons. The van der Waals surface area contributed by atoms with Crippen molar-refractivity contribution in [2.24, 2.45) is 0 Å². The molecule has 6 nitrogen and oxygen atoms in total. The molecule has 0 bridgehead atoms. The van der Waals surface area contributed by atoms with Gasteiger partial charge in [0, 0.05) is 29.6 Å². The maximum Gasteiger partial charge on any atom is 0.212 e. The number of aryl methyl sites for hydroxylation is 1. The largest absolute Gasteiger partial charge is 0.492 e. The van der Waals surface area contributed by atoms with Crippen LogP contribution >= 0.6 is 0 Å². The summed E-state index contributed by atoms with van der Waals surface area (Å²) in [5.74, 6) is 2.80. The van der Waals surface area contributed by atoms with Gasteiger partial charge in [-0.25, -0.2) is 15.0 Å². The first-order valence-corrected chi connectivity index (χ1v) is 8.02. The average Bonchev–Trinajstić information content (AvgIpc) is 2.66. The number of nitrogens with zero attached hydrogens (tertiary/aromatic N) is 3. The number of hydrogen-bond donors (Lipinski definition) is 1. The summed E-state index contributed by atoms with van der Waals surface area (Å²) in [4.78, 5) is 13.2. The second kappa shape index (κ2) is 8.10. The Morgan fingerprint density at radius 1 is 1.04 bits per heavy atom. The zero-order valence-electron chi connectivity index (χ0n) is 14.3. The lowest BCUT2D eigenvalue weighted by molar-refractivity contribution is 0.333. The van der Waals surface area contributed by atoms with E-state index in [1.807, 2.05) is 49.4 Å². The Hall–Kier alpha value is -3.15. The van der Waals surface area contributed by atoms with Crippen LogP contribution in [0, 0.1) is 6.92 Å². The van der Waals surface area contributed by atoms with Crippen molar-refractivity contribution in [1.29, 1.82) is 0 Å². The number of hydrogen-bond acceptors (Lipinski definition) is 6. The highest BCUT2D eigenvalue weighted by molar-refractivity contribution is 5.56. The van der Waals surface area contributed by atoms with Gasteiger partial charge >= 0.3 is 0 Å². The van der Waals surface area contributed by atoms with Crippen LogP contribution in [-0.4, -0.2) is 35.2 Å². The summed E-state index contributed by atoms with van der Waals surface area (Å²) < 4.78 is 10.7. The number of pyridine rings is 1. The van der Waals surface area contributed by atoms with E-state index in [4.69, 9.17) is 9.47 Å². The summed E-state index contributed by atoms with van der Waals surface area (Å²) in [5.41, 5.74) is 1.72. The summed E-state index contributed by atoms with van der Waals surface area (Å²) in [6.45, 7) is 3.13. The molecule has 3 rings (SSSR count). The number of methoxy groups -OCH3 is 1. The molecule has 0 aliphatic carbocycles. The highest BCUT2D eigenvalue weighted by Gasteiger charge is 2.06. The van der Waals surface area contributed by atoms with Gasteiger partial charge in [0.05, 0.1) is 13.7 Å². The van der Waals surface area contributed by atoms with Crippen molar-refractivity contribution in [3.63, 3.8) is 0 Å². The van der Waals surface area contributed by atoms with Crippen LogP contribution in [-0.2, 0) is 0 Å². The maximum absolute atomic E-state index is 5.67. The van der Waals surface area contributed by atoms with Crippen LogP contribution in [0.15, 0.2) is 54.7 Å². The van der Waals surface area contributed by atoms with E-state index in [2.05, 4.69) is 20.3 Å². The second-order valence-corrected chi connectivity index (χ2v) is 5.40. The Kier molecular flexibility index (Phi) is 5.41. The van der Waals surface area contributed by atoms with Crippen molar-refractivity contribution >= 4 is 5.82 Å². The molecule has 0 aliphatic heterocycles. The van der Waals surface area contributed by atoms with Gasteiger partial charge in [-0.3, -0.25) is 0 Å². The van der Waals surface area contributed by atoms with Crippen molar-refractivity contribution in [2.45, 2.75) is 6.92 Å². The van der Waals surface area contributed by atoms with E-state index in [9.17, 15) is 0 Å². The van der Waals surface area contributed by atoms with Crippen LogP contribution in [0.1, 0.15) is 5.69 Å². The minimum Gasteiger partial charge on any atom is -0.492 e. The van der Waals surface area contributed by atoms with Gasteiger partial charge in [-0.1, -0.05) is 18.2 Å². The minimum atomic E-state index is 0.548. The Balaban J connectivity index is 1.62. The maximum atomic E-state index is 5.67. The molecule has 0 unspecified atom stereocenters. The number of aromatic nitrogens is 3. The quantitative estimate of drug-likeness (QED) is 0.667. The SMILES string of the molecule is COc1ccc(-c2nc(C)cc(NCCOc3ccccc3)n2)cn1. The molecule has 1 N–H and O–H groups in total. The van der Waals surface area contributed by atoms with E-state index >= 15 is 0 Å². The molecular weight excluding hydrogens is 316 g/mol. The third kappa shape index (κ3) is 4.67. The van der Waals surface area contributed by atoms with Gasteiger partial charge in [0.25, 0.3) is 0 Å². The predicted molar refractivity (Wildman–Crippen MR) is 97.0 cm³/mol. The van der Waals surface area contributed by atoms with Crippen LogP contribution in [0.5, 0.6) is 11.6 Å². The predicted octanol–water partition coefficient (Wildman–Crippen LogP) is 3.35. The van der Waals surface area contributed by atoms with Crippen LogP contribution < -0.4 is 14.8 Å². The van der Waals surface area contributed by atoms with Crippen LogP contribution in [0.25, 0.3) is 11.4 Å². The normalized spacial score (nSPS) is 10.3. The lowest BCUT2D eigenvalue weighted by Gasteiger charge is -2.10. The third-order valence-corrected chi connectivity index (χ3v) is 3.48. The zero-order valence-corrected chi connectivity index (χ0v) is 14.3. The highest BCUT2D eigenvalue weighted by Crippen LogP contribution is 2.19. The van der Waals surface area contributed by atoms with Crippen LogP contribution in [0.4, 0.5) is 5.82 Å². The summed E-state index contributed by atoms with van der Waals surface area (Å²) in [7, 11) is 1.59. The topological polar surface area (TPSA) is 69.2 Å². The Morgan fingerprint density at radius 3 is 2.60 bits per heavy atom. The molecule has 0 fully saturated rings. The smallest absolute Gasteiger partial charge is 0.212 e. The molecule has 0 radical (unpaired) electrons.